The second-order valence-corrected chi connectivity index (χ2v) is 6.84. The number of halogens is 1. The molecule has 0 saturated carbocycles. The van der Waals surface area contributed by atoms with Crippen LogP contribution in [0.3, 0.4) is 0 Å². The SMILES string of the molecule is COc1ccc(CC[NH+](C)[C@@H]2CC(=O)N(c3ccc(F)cc3)C2=O)cc1OC. The molecule has 0 aliphatic carbocycles. The summed E-state index contributed by atoms with van der Waals surface area (Å²) in [5, 5.41) is 0. The van der Waals surface area contributed by atoms with Gasteiger partial charge in [0.2, 0.25) is 5.91 Å². The first-order chi connectivity index (χ1) is 13.4. The maximum absolute atomic E-state index is 13.1. The summed E-state index contributed by atoms with van der Waals surface area (Å²) < 4.78 is 23.7. The normalized spacial score (nSPS) is 17.7. The minimum Gasteiger partial charge on any atom is -0.493 e. The molecule has 28 heavy (non-hydrogen) atoms. The molecule has 0 aromatic heterocycles. The zero-order valence-corrected chi connectivity index (χ0v) is 16.2. The molecule has 0 spiro atoms. The summed E-state index contributed by atoms with van der Waals surface area (Å²) >= 11 is 0. The average Bonchev–Trinajstić information content (AvgIpc) is 3.00. The highest BCUT2D eigenvalue weighted by Crippen LogP contribution is 2.27. The number of anilines is 1. The Bertz CT molecular complexity index is 869. The van der Waals surface area contributed by atoms with Crippen molar-refractivity contribution in [1.82, 2.24) is 0 Å². The van der Waals surface area contributed by atoms with Gasteiger partial charge in [-0.15, -0.1) is 0 Å². The van der Waals surface area contributed by atoms with Crippen molar-refractivity contribution in [3.05, 3.63) is 53.8 Å². The number of carbonyl (C=O) groups excluding carboxylic acids is 2. The van der Waals surface area contributed by atoms with Gasteiger partial charge in [-0.05, 0) is 42.0 Å². The smallest absolute Gasteiger partial charge is 0.292 e. The van der Waals surface area contributed by atoms with E-state index in [1.165, 1.54) is 24.3 Å². The molecule has 6 nitrogen and oxygen atoms in total. The van der Waals surface area contributed by atoms with E-state index < -0.39 is 11.9 Å². The lowest BCUT2D eigenvalue weighted by molar-refractivity contribution is -0.894. The van der Waals surface area contributed by atoms with Crippen LogP contribution in [0.5, 0.6) is 11.5 Å². The van der Waals surface area contributed by atoms with Gasteiger partial charge in [0.25, 0.3) is 5.91 Å². The number of hydrogen-bond donors (Lipinski definition) is 1. The lowest BCUT2D eigenvalue weighted by atomic mass is 10.1. The molecule has 1 heterocycles. The lowest BCUT2D eigenvalue weighted by Crippen LogP contribution is -3.14. The van der Waals surface area contributed by atoms with Crippen LogP contribution in [-0.4, -0.2) is 45.7 Å². The molecule has 7 heteroatoms. The Balaban J connectivity index is 1.66. The molecule has 1 N–H and O–H groups in total. The molecular formula is C21H24FN2O4+. The molecule has 0 radical (unpaired) electrons. The van der Waals surface area contributed by atoms with Crippen molar-refractivity contribution in [3.63, 3.8) is 0 Å². The molecule has 2 amide bonds. The Morgan fingerprint density at radius 3 is 2.39 bits per heavy atom. The minimum atomic E-state index is -0.447. The number of nitrogens with one attached hydrogen (secondary N) is 1. The van der Waals surface area contributed by atoms with Crippen LogP contribution in [-0.2, 0) is 16.0 Å². The van der Waals surface area contributed by atoms with Gasteiger partial charge in [-0.1, -0.05) is 6.07 Å². The molecule has 148 valence electrons. The third kappa shape index (κ3) is 3.99. The van der Waals surface area contributed by atoms with Crippen molar-refractivity contribution in [3.8, 4) is 11.5 Å². The molecule has 1 aliphatic heterocycles. The standard InChI is InChI=1S/C21H23FN2O4/c1-23(11-10-14-4-9-18(27-2)19(12-14)28-3)17-13-20(25)24(21(17)26)16-7-5-15(22)6-8-16/h4-9,12,17H,10-11,13H2,1-3H3/p+1/t17-/m1/s1. The summed E-state index contributed by atoms with van der Waals surface area (Å²) in [6, 6.07) is 10.7. The summed E-state index contributed by atoms with van der Waals surface area (Å²) in [5.74, 6) is 0.413. The highest BCUT2D eigenvalue weighted by molar-refractivity contribution is 6.21. The Labute approximate surface area is 163 Å². The van der Waals surface area contributed by atoms with Crippen molar-refractivity contribution in [2.45, 2.75) is 18.9 Å². The van der Waals surface area contributed by atoms with Crippen LogP contribution < -0.4 is 19.3 Å². The fourth-order valence-electron chi connectivity index (χ4n) is 3.43. The maximum atomic E-state index is 13.1. The number of nitrogens with zero attached hydrogens (tertiary/aromatic N) is 1. The van der Waals surface area contributed by atoms with Crippen molar-refractivity contribution in [1.29, 1.82) is 0 Å². The highest BCUT2D eigenvalue weighted by atomic mass is 19.1. The van der Waals surface area contributed by atoms with E-state index in [-0.39, 0.29) is 18.2 Å². The summed E-state index contributed by atoms with van der Waals surface area (Å²) in [6.07, 6.45) is 0.870. The zero-order chi connectivity index (χ0) is 20.3. The van der Waals surface area contributed by atoms with Crippen LogP contribution in [0.15, 0.2) is 42.5 Å². The van der Waals surface area contributed by atoms with Crippen LogP contribution in [0.25, 0.3) is 0 Å². The number of imide groups is 1. The molecule has 2 aromatic carbocycles. The predicted molar refractivity (Wildman–Crippen MR) is 102 cm³/mol. The topological polar surface area (TPSA) is 60.3 Å². The van der Waals surface area contributed by atoms with Crippen LogP contribution in [0.1, 0.15) is 12.0 Å². The average molecular weight is 387 g/mol. The van der Waals surface area contributed by atoms with Crippen molar-refractivity contribution in [2.24, 2.45) is 0 Å². The van der Waals surface area contributed by atoms with Gasteiger partial charge < -0.3 is 14.4 Å². The molecule has 1 unspecified atom stereocenters. The van der Waals surface area contributed by atoms with E-state index in [1.807, 2.05) is 25.2 Å². The first-order valence-corrected chi connectivity index (χ1v) is 9.10. The van der Waals surface area contributed by atoms with E-state index in [0.29, 0.717) is 23.7 Å². The largest absolute Gasteiger partial charge is 0.493 e. The minimum absolute atomic E-state index is 0.147. The predicted octanol–water partition coefficient (Wildman–Crippen LogP) is 1.23. The van der Waals surface area contributed by atoms with E-state index in [4.69, 9.17) is 9.47 Å². The quantitative estimate of drug-likeness (QED) is 0.726. The fraction of sp³-hybridized carbons (Fsp3) is 0.333. The van der Waals surface area contributed by atoms with Crippen LogP contribution >= 0.6 is 0 Å². The number of ether oxygens (including phenoxy) is 2. The first-order valence-electron chi connectivity index (χ1n) is 9.10. The second kappa shape index (κ2) is 8.39. The molecule has 1 saturated heterocycles. The van der Waals surface area contributed by atoms with Gasteiger partial charge in [0, 0.05) is 6.42 Å². The summed E-state index contributed by atoms with van der Waals surface area (Å²) in [4.78, 5) is 27.3. The van der Waals surface area contributed by atoms with E-state index in [0.717, 1.165) is 21.8 Å². The van der Waals surface area contributed by atoms with E-state index in [2.05, 4.69) is 0 Å². The Hall–Kier alpha value is -2.93. The Kier molecular flexibility index (Phi) is 5.94. The number of benzene rings is 2. The fourth-order valence-corrected chi connectivity index (χ4v) is 3.43. The van der Waals surface area contributed by atoms with E-state index in [1.54, 1.807) is 14.2 Å². The summed E-state index contributed by atoms with van der Waals surface area (Å²) in [7, 11) is 5.08. The lowest BCUT2D eigenvalue weighted by Gasteiger charge is -2.20. The van der Waals surface area contributed by atoms with Gasteiger partial charge in [0.15, 0.2) is 17.5 Å². The second-order valence-electron chi connectivity index (χ2n) is 6.84. The Morgan fingerprint density at radius 1 is 1.07 bits per heavy atom. The van der Waals surface area contributed by atoms with Gasteiger partial charge in [-0.2, -0.15) is 0 Å². The third-order valence-corrected chi connectivity index (χ3v) is 5.08. The third-order valence-electron chi connectivity index (χ3n) is 5.08. The van der Waals surface area contributed by atoms with Crippen molar-refractivity contribution in [2.75, 3.05) is 32.7 Å². The van der Waals surface area contributed by atoms with Gasteiger partial charge >= 0.3 is 0 Å². The van der Waals surface area contributed by atoms with Crippen molar-refractivity contribution >= 4 is 17.5 Å². The van der Waals surface area contributed by atoms with Crippen LogP contribution in [0.2, 0.25) is 0 Å². The number of likely N-dealkylation sites (N-methyl/N-ethyl adjacent to an activating group) is 1. The van der Waals surface area contributed by atoms with Crippen LogP contribution in [0.4, 0.5) is 10.1 Å². The first kappa shape index (κ1) is 19.8. The van der Waals surface area contributed by atoms with Crippen LogP contribution in [0, 0.1) is 5.82 Å². The molecule has 2 aromatic rings. The number of hydrogen-bond acceptors (Lipinski definition) is 4. The molecule has 1 aliphatic rings. The highest BCUT2D eigenvalue weighted by Gasteiger charge is 2.44. The monoisotopic (exact) mass is 387 g/mol. The molecule has 0 bridgehead atoms. The molecule has 1 fully saturated rings. The number of amides is 2. The van der Waals surface area contributed by atoms with Gasteiger partial charge in [-0.25, -0.2) is 9.29 Å². The summed E-state index contributed by atoms with van der Waals surface area (Å²) in [5.41, 5.74) is 1.47. The van der Waals surface area contributed by atoms with Gasteiger partial charge in [0.1, 0.15) is 5.82 Å². The summed E-state index contributed by atoms with van der Waals surface area (Å²) in [6.45, 7) is 0.677. The van der Waals surface area contributed by atoms with E-state index >= 15 is 0 Å². The number of carbonyl (C=O) groups is 2. The number of rotatable bonds is 7. The zero-order valence-electron chi connectivity index (χ0n) is 16.2. The molecule has 2 atom stereocenters. The molecular weight excluding hydrogens is 363 g/mol. The van der Waals surface area contributed by atoms with Crippen molar-refractivity contribution < 1.29 is 28.4 Å². The Morgan fingerprint density at radius 2 is 1.75 bits per heavy atom. The maximum Gasteiger partial charge on any atom is 0.292 e. The van der Waals surface area contributed by atoms with E-state index in [9.17, 15) is 14.0 Å². The van der Waals surface area contributed by atoms with Gasteiger partial charge in [-0.3, -0.25) is 9.59 Å². The number of methoxy groups -OCH3 is 2. The number of quaternary nitrogens is 1. The molecule has 3 rings (SSSR count). The van der Waals surface area contributed by atoms with Gasteiger partial charge in [0.05, 0.1) is 39.9 Å².